The first-order chi connectivity index (χ1) is 10.2. The first kappa shape index (κ1) is 17.0. The summed E-state index contributed by atoms with van der Waals surface area (Å²) in [7, 11) is 0. The molecule has 0 bridgehead atoms. The summed E-state index contributed by atoms with van der Waals surface area (Å²) in [5.41, 5.74) is -0.887. The summed E-state index contributed by atoms with van der Waals surface area (Å²) in [4.78, 5) is 38.3. The van der Waals surface area contributed by atoms with Gasteiger partial charge in [-0.05, 0) is 46.5 Å². The summed E-state index contributed by atoms with van der Waals surface area (Å²) in [6.45, 7) is 8.42. The molecule has 1 saturated heterocycles. The van der Waals surface area contributed by atoms with Gasteiger partial charge in [0.15, 0.2) is 0 Å². The van der Waals surface area contributed by atoms with Gasteiger partial charge in [0, 0.05) is 24.9 Å². The van der Waals surface area contributed by atoms with Crippen molar-refractivity contribution in [3.8, 4) is 0 Å². The summed E-state index contributed by atoms with van der Waals surface area (Å²) in [5, 5.41) is 0. The van der Waals surface area contributed by atoms with E-state index >= 15 is 0 Å². The van der Waals surface area contributed by atoms with E-state index in [1.807, 2.05) is 27.7 Å². The van der Waals surface area contributed by atoms with Gasteiger partial charge in [0.2, 0.25) is 0 Å². The van der Waals surface area contributed by atoms with Gasteiger partial charge in [-0.15, -0.1) is 0 Å². The lowest BCUT2D eigenvalue weighted by Crippen LogP contribution is -2.47. The number of rotatable bonds is 2. The van der Waals surface area contributed by atoms with Gasteiger partial charge >= 0.3 is 6.09 Å². The van der Waals surface area contributed by atoms with E-state index in [0.29, 0.717) is 38.8 Å². The number of hydrogen-bond donors (Lipinski definition) is 0. The molecule has 1 aliphatic heterocycles. The standard InChI is InChI=1S/C17H27NO4/c1-5-13(19)12-6-7-17(14(12)20)8-10-18(11-9-17)15(21)22-16(2,3)4/h12H,5-11H2,1-4H3. The van der Waals surface area contributed by atoms with Crippen LogP contribution in [-0.2, 0) is 14.3 Å². The topological polar surface area (TPSA) is 63.7 Å². The van der Waals surface area contributed by atoms with Crippen molar-refractivity contribution in [1.82, 2.24) is 4.90 Å². The van der Waals surface area contributed by atoms with Crippen LogP contribution in [0.15, 0.2) is 0 Å². The predicted octanol–water partition coefficient (Wildman–Crippen LogP) is 2.96. The van der Waals surface area contributed by atoms with Crippen LogP contribution < -0.4 is 0 Å². The molecule has 0 N–H and O–H groups in total. The van der Waals surface area contributed by atoms with Gasteiger partial charge in [0.05, 0.1) is 5.92 Å². The Bertz CT molecular complexity index is 470. The quantitative estimate of drug-likeness (QED) is 0.736. The summed E-state index contributed by atoms with van der Waals surface area (Å²) in [6.07, 6.45) is 2.88. The van der Waals surface area contributed by atoms with Crippen LogP contribution in [0.3, 0.4) is 0 Å². The van der Waals surface area contributed by atoms with E-state index in [2.05, 4.69) is 0 Å². The van der Waals surface area contributed by atoms with Gasteiger partial charge in [0.25, 0.3) is 0 Å². The lowest BCUT2D eigenvalue weighted by atomic mass is 9.75. The normalized spacial score (nSPS) is 24.6. The van der Waals surface area contributed by atoms with Crippen molar-refractivity contribution in [2.75, 3.05) is 13.1 Å². The second-order valence-electron chi connectivity index (χ2n) is 7.52. The smallest absolute Gasteiger partial charge is 0.410 e. The molecule has 5 nitrogen and oxygen atoms in total. The number of nitrogens with zero attached hydrogens (tertiary/aromatic N) is 1. The molecule has 1 saturated carbocycles. The Kier molecular flexibility index (Phi) is 4.64. The van der Waals surface area contributed by atoms with Gasteiger partial charge < -0.3 is 9.64 Å². The van der Waals surface area contributed by atoms with E-state index in [4.69, 9.17) is 4.74 Å². The molecule has 1 heterocycles. The molecule has 0 aromatic carbocycles. The highest BCUT2D eigenvalue weighted by atomic mass is 16.6. The maximum absolute atomic E-state index is 12.6. The van der Waals surface area contributed by atoms with Crippen LogP contribution in [-0.4, -0.2) is 41.3 Å². The van der Waals surface area contributed by atoms with Crippen molar-refractivity contribution in [3.63, 3.8) is 0 Å². The van der Waals surface area contributed by atoms with Crippen molar-refractivity contribution in [2.24, 2.45) is 11.3 Å². The van der Waals surface area contributed by atoms with Crippen LogP contribution >= 0.6 is 0 Å². The summed E-state index contributed by atoms with van der Waals surface area (Å²) < 4.78 is 5.38. The van der Waals surface area contributed by atoms with Gasteiger partial charge in [0.1, 0.15) is 17.2 Å². The number of ketones is 2. The average Bonchev–Trinajstić information content (AvgIpc) is 2.74. The second-order valence-corrected chi connectivity index (χ2v) is 7.52. The summed E-state index contributed by atoms with van der Waals surface area (Å²) >= 11 is 0. The lowest BCUT2D eigenvalue weighted by Gasteiger charge is -2.38. The molecule has 2 fully saturated rings. The Hall–Kier alpha value is -1.39. The highest BCUT2D eigenvalue weighted by Crippen LogP contribution is 2.46. The minimum absolute atomic E-state index is 0.0662. The van der Waals surface area contributed by atoms with Crippen LogP contribution in [0, 0.1) is 11.3 Å². The molecule has 1 unspecified atom stereocenters. The van der Waals surface area contributed by atoms with Crippen LogP contribution in [0.5, 0.6) is 0 Å². The Labute approximate surface area is 132 Å². The van der Waals surface area contributed by atoms with E-state index in [1.165, 1.54) is 0 Å². The fourth-order valence-electron chi connectivity index (χ4n) is 3.54. The summed E-state index contributed by atoms with van der Waals surface area (Å²) in [6, 6.07) is 0. The lowest BCUT2D eigenvalue weighted by molar-refractivity contribution is -0.136. The molecule has 5 heteroatoms. The highest BCUT2D eigenvalue weighted by Gasteiger charge is 2.51. The number of piperidine rings is 1. The molecule has 1 aliphatic carbocycles. The third kappa shape index (κ3) is 3.33. The van der Waals surface area contributed by atoms with Gasteiger partial charge in [-0.2, -0.15) is 0 Å². The molecule has 1 amide bonds. The number of carbonyl (C=O) groups is 3. The molecule has 0 aromatic rings. The van der Waals surface area contributed by atoms with Gasteiger partial charge in [-0.25, -0.2) is 4.79 Å². The van der Waals surface area contributed by atoms with Gasteiger partial charge in [-0.3, -0.25) is 9.59 Å². The maximum Gasteiger partial charge on any atom is 0.410 e. The Morgan fingerprint density at radius 2 is 1.82 bits per heavy atom. The first-order valence-corrected chi connectivity index (χ1v) is 8.23. The van der Waals surface area contributed by atoms with E-state index in [0.717, 1.165) is 6.42 Å². The zero-order valence-electron chi connectivity index (χ0n) is 14.1. The monoisotopic (exact) mass is 309 g/mol. The van der Waals surface area contributed by atoms with Crippen LogP contribution in [0.4, 0.5) is 4.79 Å². The van der Waals surface area contributed by atoms with Crippen LogP contribution in [0.2, 0.25) is 0 Å². The predicted molar refractivity (Wildman–Crippen MR) is 82.5 cm³/mol. The fourth-order valence-corrected chi connectivity index (χ4v) is 3.54. The molecule has 2 rings (SSSR count). The van der Waals surface area contributed by atoms with Crippen molar-refractivity contribution < 1.29 is 19.1 Å². The molecule has 1 atom stereocenters. The minimum atomic E-state index is -0.506. The summed E-state index contributed by atoms with van der Waals surface area (Å²) in [5.74, 6) is -0.224. The number of Topliss-reactive ketones (excluding diaryl/α,β-unsaturated/α-hetero) is 2. The average molecular weight is 309 g/mol. The van der Waals surface area contributed by atoms with Gasteiger partial charge in [-0.1, -0.05) is 6.92 Å². The molecule has 22 heavy (non-hydrogen) atoms. The number of ether oxygens (including phenoxy) is 1. The van der Waals surface area contributed by atoms with E-state index in [-0.39, 0.29) is 23.1 Å². The second kappa shape index (κ2) is 6.01. The largest absolute Gasteiger partial charge is 0.444 e. The third-order valence-corrected chi connectivity index (χ3v) is 4.86. The Balaban J connectivity index is 1.96. The molecule has 0 radical (unpaired) electrons. The third-order valence-electron chi connectivity index (χ3n) is 4.86. The number of likely N-dealkylation sites (tertiary alicyclic amines) is 1. The molecular weight excluding hydrogens is 282 g/mol. The van der Waals surface area contributed by atoms with Crippen molar-refractivity contribution in [2.45, 2.75) is 65.4 Å². The SMILES string of the molecule is CCC(=O)C1CCC2(CCN(C(=O)OC(C)(C)C)CC2)C1=O. The zero-order valence-corrected chi connectivity index (χ0v) is 14.1. The number of hydrogen-bond acceptors (Lipinski definition) is 4. The minimum Gasteiger partial charge on any atom is -0.444 e. The fraction of sp³-hybridized carbons (Fsp3) is 0.824. The van der Waals surface area contributed by atoms with E-state index < -0.39 is 11.5 Å². The molecule has 1 spiro atoms. The van der Waals surface area contributed by atoms with Crippen LogP contribution in [0.25, 0.3) is 0 Å². The Morgan fingerprint density at radius 3 is 2.32 bits per heavy atom. The van der Waals surface area contributed by atoms with E-state index in [1.54, 1.807) is 4.90 Å². The van der Waals surface area contributed by atoms with Crippen molar-refractivity contribution in [3.05, 3.63) is 0 Å². The van der Waals surface area contributed by atoms with Crippen molar-refractivity contribution in [1.29, 1.82) is 0 Å². The molecule has 124 valence electrons. The molecular formula is C17H27NO4. The Morgan fingerprint density at radius 1 is 1.23 bits per heavy atom. The zero-order chi connectivity index (χ0) is 16.5. The number of amides is 1. The molecule has 0 aromatic heterocycles. The number of carbonyl (C=O) groups excluding carboxylic acids is 3. The molecule has 2 aliphatic rings. The van der Waals surface area contributed by atoms with E-state index in [9.17, 15) is 14.4 Å². The highest BCUT2D eigenvalue weighted by molar-refractivity contribution is 6.06. The van der Waals surface area contributed by atoms with Crippen molar-refractivity contribution >= 4 is 17.7 Å². The first-order valence-electron chi connectivity index (χ1n) is 8.23. The maximum atomic E-state index is 12.6. The van der Waals surface area contributed by atoms with Crippen LogP contribution in [0.1, 0.15) is 59.8 Å².